The first-order chi connectivity index (χ1) is 8.49. The first-order valence-corrected chi connectivity index (χ1v) is 5.95. The monoisotopic (exact) mass is 256 g/mol. The Morgan fingerprint density at radius 1 is 1.50 bits per heavy atom. The van der Waals surface area contributed by atoms with Crippen LogP contribution < -0.4 is 5.32 Å². The molecule has 0 aromatic carbocycles. The molecular weight excluding hydrogens is 236 g/mol. The molecule has 18 heavy (non-hydrogen) atoms. The van der Waals surface area contributed by atoms with Crippen molar-refractivity contribution in [1.29, 1.82) is 0 Å². The van der Waals surface area contributed by atoms with Crippen LogP contribution in [0.2, 0.25) is 0 Å². The van der Waals surface area contributed by atoms with Crippen LogP contribution in [0.3, 0.4) is 0 Å². The number of rotatable bonds is 7. The topological polar surface area (TPSA) is 78.9 Å². The highest BCUT2D eigenvalue weighted by Crippen LogP contribution is 2.18. The molecule has 0 unspecified atom stereocenters. The summed E-state index contributed by atoms with van der Waals surface area (Å²) < 4.78 is 5.24. The van der Waals surface area contributed by atoms with Crippen LogP contribution in [0.25, 0.3) is 0 Å². The van der Waals surface area contributed by atoms with E-state index in [1.807, 2.05) is 6.92 Å². The number of carbonyl (C=O) groups is 2. The van der Waals surface area contributed by atoms with Gasteiger partial charge in [-0.15, -0.1) is 0 Å². The molecule has 0 bridgehead atoms. The van der Waals surface area contributed by atoms with Crippen molar-refractivity contribution in [3.8, 4) is 0 Å². The molecule has 1 saturated heterocycles. The van der Waals surface area contributed by atoms with Crippen LogP contribution in [0.1, 0.15) is 13.3 Å². The Bertz CT molecular complexity index is 324. The summed E-state index contributed by atoms with van der Waals surface area (Å²) in [6.45, 7) is 8.02. The zero-order chi connectivity index (χ0) is 13.5. The molecule has 0 saturated carbocycles. The molecule has 2 amide bonds. The molecule has 0 radical (unpaired) electrons. The van der Waals surface area contributed by atoms with Crippen LogP contribution in [0, 0.1) is 5.92 Å². The quantitative estimate of drug-likeness (QED) is 0.519. The van der Waals surface area contributed by atoms with Crippen LogP contribution in [-0.2, 0) is 9.53 Å². The van der Waals surface area contributed by atoms with E-state index in [0.29, 0.717) is 32.8 Å². The molecule has 6 nitrogen and oxygen atoms in total. The summed E-state index contributed by atoms with van der Waals surface area (Å²) in [5.74, 6) is -0.721. The second kappa shape index (κ2) is 7.00. The summed E-state index contributed by atoms with van der Waals surface area (Å²) in [5, 5.41) is 11.3. The molecule has 0 aromatic rings. The number of carbonyl (C=O) groups excluding carboxylic acids is 1. The average Bonchev–Trinajstić information content (AvgIpc) is 2.21. The zero-order valence-corrected chi connectivity index (χ0v) is 10.6. The van der Waals surface area contributed by atoms with Gasteiger partial charge in [0.1, 0.15) is 0 Å². The first-order valence-electron chi connectivity index (χ1n) is 5.95. The Labute approximate surface area is 107 Å². The van der Waals surface area contributed by atoms with Gasteiger partial charge >= 0.3 is 12.0 Å². The van der Waals surface area contributed by atoms with Gasteiger partial charge in [0, 0.05) is 25.6 Å². The Morgan fingerprint density at radius 2 is 2.17 bits per heavy atom. The molecule has 0 aromatic heterocycles. The lowest BCUT2D eigenvalue weighted by Gasteiger charge is -2.38. The van der Waals surface area contributed by atoms with Gasteiger partial charge in [-0.25, -0.2) is 4.79 Å². The molecule has 0 aliphatic carbocycles. The Balaban J connectivity index is 2.02. The highest BCUT2D eigenvalue weighted by Gasteiger charge is 2.31. The van der Waals surface area contributed by atoms with E-state index in [1.54, 1.807) is 4.90 Å². The molecular formula is C12H20N2O4. The number of carboxylic acids is 1. The van der Waals surface area contributed by atoms with Gasteiger partial charge in [0.2, 0.25) is 0 Å². The van der Waals surface area contributed by atoms with Gasteiger partial charge in [-0.3, -0.25) is 4.79 Å². The lowest BCUT2D eigenvalue weighted by atomic mass is 9.97. The molecule has 1 aliphatic rings. The molecule has 2 N–H and O–H groups in total. The standard InChI is InChI=1S/C12H20N2O4/c1-9(2)8-18-4-3-13-12(17)14-6-10(7-14)5-11(15)16/h10H,1,3-8H2,2H3,(H,13,17)(H,15,16). The van der Waals surface area contributed by atoms with Crippen molar-refractivity contribution in [1.82, 2.24) is 10.2 Å². The zero-order valence-electron chi connectivity index (χ0n) is 10.6. The minimum atomic E-state index is -0.812. The number of hydrogen-bond acceptors (Lipinski definition) is 3. The number of ether oxygens (including phenoxy) is 1. The van der Waals surface area contributed by atoms with E-state index >= 15 is 0 Å². The van der Waals surface area contributed by atoms with Gasteiger partial charge in [-0.1, -0.05) is 12.2 Å². The van der Waals surface area contributed by atoms with Crippen LogP contribution in [0.15, 0.2) is 12.2 Å². The minimum Gasteiger partial charge on any atom is -0.481 e. The molecule has 102 valence electrons. The van der Waals surface area contributed by atoms with E-state index in [2.05, 4.69) is 11.9 Å². The van der Waals surface area contributed by atoms with Crippen molar-refractivity contribution in [3.05, 3.63) is 12.2 Å². The number of urea groups is 1. The predicted octanol–water partition coefficient (Wildman–Crippen LogP) is 0.695. The first kappa shape index (κ1) is 14.5. The summed E-state index contributed by atoms with van der Waals surface area (Å²) in [7, 11) is 0. The second-order valence-electron chi connectivity index (χ2n) is 4.61. The summed E-state index contributed by atoms with van der Waals surface area (Å²) in [6, 6.07) is -0.157. The van der Waals surface area contributed by atoms with Gasteiger partial charge in [-0.2, -0.15) is 0 Å². The third-order valence-corrected chi connectivity index (χ3v) is 2.58. The highest BCUT2D eigenvalue weighted by atomic mass is 16.5. The Kier molecular flexibility index (Phi) is 5.64. The number of nitrogens with one attached hydrogen (secondary N) is 1. The number of carboxylic acid groups (broad SMARTS) is 1. The molecule has 1 heterocycles. The van der Waals surface area contributed by atoms with Crippen LogP contribution in [0.4, 0.5) is 4.79 Å². The molecule has 1 fully saturated rings. The average molecular weight is 256 g/mol. The van der Waals surface area contributed by atoms with Crippen molar-refractivity contribution in [2.24, 2.45) is 5.92 Å². The summed E-state index contributed by atoms with van der Waals surface area (Å²) >= 11 is 0. The maximum absolute atomic E-state index is 11.5. The molecule has 6 heteroatoms. The third-order valence-electron chi connectivity index (χ3n) is 2.58. The lowest BCUT2D eigenvalue weighted by Crippen LogP contribution is -2.54. The fourth-order valence-corrected chi connectivity index (χ4v) is 1.70. The lowest BCUT2D eigenvalue weighted by molar-refractivity contribution is -0.139. The Morgan fingerprint density at radius 3 is 2.72 bits per heavy atom. The smallest absolute Gasteiger partial charge is 0.317 e. The highest BCUT2D eigenvalue weighted by molar-refractivity contribution is 5.75. The van der Waals surface area contributed by atoms with Crippen LogP contribution in [0.5, 0.6) is 0 Å². The van der Waals surface area contributed by atoms with E-state index in [1.165, 1.54) is 0 Å². The van der Waals surface area contributed by atoms with Crippen molar-refractivity contribution in [2.75, 3.05) is 32.8 Å². The van der Waals surface area contributed by atoms with Gasteiger partial charge in [-0.05, 0) is 6.92 Å². The van der Waals surface area contributed by atoms with Crippen molar-refractivity contribution in [2.45, 2.75) is 13.3 Å². The SMILES string of the molecule is C=C(C)COCCNC(=O)N1CC(CC(=O)O)C1. The summed E-state index contributed by atoms with van der Waals surface area (Å²) in [4.78, 5) is 23.6. The Hall–Kier alpha value is -1.56. The van der Waals surface area contributed by atoms with E-state index in [4.69, 9.17) is 9.84 Å². The summed E-state index contributed by atoms with van der Waals surface area (Å²) in [5.41, 5.74) is 0.945. The number of amides is 2. The fourth-order valence-electron chi connectivity index (χ4n) is 1.70. The number of nitrogens with zero attached hydrogens (tertiary/aromatic N) is 1. The van der Waals surface area contributed by atoms with Gasteiger partial charge in [0.05, 0.1) is 19.6 Å². The molecule has 0 atom stereocenters. The fraction of sp³-hybridized carbons (Fsp3) is 0.667. The van der Waals surface area contributed by atoms with Gasteiger partial charge < -0.3 is 20.1 Å². The largest absolute Gasteiger partial charge is 0.481 e. The predicted molar refractivity (Wildman–Crippen MR) is 66.3 cm³/mol. The molecule has 1 rings (SSSR count). The van der Waals surface area contributed by atoms with E-state index < -0.39 is 5.97 Å². The minimum absolute atomic E-state index is 0.0907. The van der Waals surface area contributed by atoms with E-state index in [-0.39, 0.29) is 18.4 Å². The maximum atomic E-state index is 11.5. The van der Waals surface area contributed by atoms with Crippen LogP contribution >= 0.6 is 0 Å². The number of hydrogen-bond donors (Lipinski definition) is 2. The van der Waals surface area contributed by atoms with Crippen LogP contribution in [-0.4, -0.2) is 54.9 Å². The molecule has 1 aliphatic heterocycles. The van der Waals surface area contributed by atoms with Crippen molar-refractivity contribution >= 4 is 12.0 Å². The van der Waals surface area contributed by atoms with Crippen molar-refractivity contribution in [3.63, 3.8) is 0 Å². The number of likely N-dealkylation sites (tertiary alicyclic amines) is 1. The third kappa shape index (κ3) is 5.18. The maximum Gasteiger partial charge on any atom is 0.317 e. The summed E-state index contributed by atoms with van der Waals surface area (Å²) in [6.07, 6.45) is 0.130. The molecule has 0 spiro atoms. The normalized spacial score (nSPS) is 15.1. The van der Waals surface area contributed by atoms with Gasteiger partial charge in [0.25, 0.3) is 0 Å². The number of aliphatic carboxylic acids is 1. The van der Waals surface area contributed by atoms with Crippen molar-refractivity contribution < 1.29 is 19.4 Å². The van der Waals surface area contributed by atoms with Gasteiger partial charge in [0.15, 0.2) is 0 Å². The second-order valence-corrected chi connectivity index (χ2v) is 4.61. The van der Waals surface area contributed by atoms with E-state index in [9.17, 15) is 9.59 Å². The van der Waals surface area contributed by atoms with E-state index in [0.717, 1.165) is 5.57 Å².